The molecule has 1 aromatic heterocycles. The summed E-state index contributed by atoms with van der Waals surface area (Å²) < 4.78 is 1.70. The van der Waals surface area contributed by atoms with Crippen LogP contribution in [0.25, 0.3) is 0 Å². The van der Waals surface area contributed by atoms with Gasteiger partial charge in [-0.3, -0.25) is 14.3 Å². The Morgan fingerprint density at radius 3 is 2.19 bits per heavy atom. The smallest absolute Gasteiger partial charge is 0.257 e. The van der Waals surface area contributed by atoms with Crippen LogP contribution in [0.5, 0.6) is 0 Å². The maximum Gasteiger partial charge on any atom is 0.257 e. The maximum atomic E-state index is 12.8. The van der Waals surface area contributed by atoms with E-state index in [1.165, 1.54) is 11.1 Å². The van der Waals surface area contributed by atoms with Gasteiger partial charge in [-0.05, 0) is 11.1 Å². The fourth-order valence-electron chi connectivity index (χ4n) is 2.70. The zero-order valence-electron chi connectivity index (χ0n) is 14.3. The van der Waals surface area contributed by atoms with Crippen LogP contribution in [-0.2, 0) is 17.9 Å². The molecule has 26 heavy (non-hydrogen) atoms. The molecule has 1 heterocycles. The van der Waals surface area contributed by atoms with E-state index in [0.717, 1.165) is 11.1 Å². The van der Waals surface area contributed by atoms with E-state index in [1.807, 2.05) is 60.7 Å². The highest BCUT2D eigenvalue weighted by Gasteiger charge is 2.19. The molecule has 2 aromatic carbocycles. The molecule has 0 bridgehead atoms. The minimum Gasteiger partial charge on any atom is -0.368 e. The van der Waals surface area contributed by atoms with Crippen LogP contribution in [0.3, 0.4) is 0 Å². The number of amides is 2. The first-order valence-corrected chi connectivity index (χ1v) is 8.29. The number of carbonyl (C=O) groups excluding carboxylic acids is 2. The summed E-state index contributed by atoms with van der Waals surface area (Å²) in [7, 11) is 0. The Hall–Kier alpha value is -3.41. The Morgan fingerprint density at radius 2 is 1.58 bits per heavy atom. The van der Waals surface area contributed by atoms with Crippen LogP contribution in [0.15, 0.2) is 73.1 Å². The van der Waals surface area contributed by atoms with Crippen LogP contribution >= 0.6 is 0 Å². The molecular weight excluding hydrogens is 328 g/mol. The summed E-state index contributed by atoms with van der Waals surface area (Å²) in [6.45, 7) is 0.743. The quantitative estimate of drug-likeness (QED) is 0.709. The minimum absolute atomic E-state index is 0.141. The number of hydrogen-bond donors (Lipinski definition) is 1. The molecule has 0 saturated heterocycles. The third-order valence-electron chi connectivity index (χ3n) is 3.92. The monoisotopic (exact) mass is 348 g/mol. The third kappa shape index (κ3) is 4.57. The summed E-state index contributed by atoms with van der Waals surface area (Å²) in [6.07, 6.45) is 3.21. The second-order valence-electron chi connectivity index (χ2n) is 6.03. The van der Waals surface area contributed by atoms with E-state index >= 15 is 0 Å². The van der Waals surface area contributed by atoms with Crippen molar-refractivity contribution in [2.24, 2.45) is 5.73 Å². The highest BCUT2D eigenvalue weighted by molar-refractivity contribution is 5.95. The van der Waals surface area contributed by atoms with Crippen LogP contribution in [-0.4, -0.2) is 33.0 Å². The molecule has 0 saturated carbocycles. The van der Waals surface area contributed by atoms with Gasteiger partial charge in [0.25, 0.3) is 5.91 Å². The van der Waals surface area contributed by atoms with Crippen molar-refractivity contribution in [3.8, 4) is 0 Å². The summed E-state index contributed by atoms with van der Waals surface area (Å²) in [4.78, 5) is 25.6. The van der Waals surface area contributed by atoms with Crippen molar-refractivity contribution in [1.29, 1.82) is 0 Å². The van der Waals surface area contributed by atoms with Gasteiger partial charge in [0.05, 0.1) is 24.8 Å². The Kier molecular flexibility index (Phi) is 5.43. The Balaban J connectivity index is 1.75. The summed E-state index contributed by atoms with van der Waals surface area (Å²) in [5.74, 6) is -0.821. The Labute approximate surface area is 151 Å². The predicted molar refractivity (Wildman–Crippen MR) is 98.1 cm³/mol. The topological polar surface area (TPSA) is 81.2 Å². The van der Waals surface area contributed by atoms with Gasteiger partial charge >= 0.3 is 0 Å². The van der Waals surface area contributed by atoms with Gasteiger partial charge in [-0.1, -0.05) is 60.7 Å². The fraction of sp³-hybridized carbons (Fsp3) is 0.150. The summed E-state index contributed by atoms with van der Waals surface area (Å²) >= 11 is 0. The lowest BCUT2D eigenvalue weighted by Crippen LogP contribution is -2.37. The largest absolute Gasteiger partial charge is 0.368 e. The van der Waals surface area contributed by atoms with Gasteiger partial charge < -0.3 is 10.6 Å². The molecule has 6 nitrogen and oxygen atoms in total. The number of benzene rings is 2. The molecule has 132 valence electrons. The van der Waals surface area contributed by atoms with Crippen LogP contribution in [0.4, 0.5) is 0 Å². The maximum absolute atomic E-state index is 12.8. The van der Waals surface area contributed by atoms with Crippen molar-refractivity contribution in [1.82, 2.24) is 14.7 Å². The van der Waals surface area contributed by atoms with Gasteiger partial charge in [-0.15, -0.1) is 0 Å². The molecule has 2 amide bonds. The number of hydrogen-bond acceptors (Lipinski definition) is 3. The number of nitrogens with zero attached hydrogens (tertiary/aromatic N) is 3. The first kappa shape index (κ1) is 17.4. The lowest BCUT2D eigenvalue weighted by Gasteiger charge is -2.20. The van der Waals surface area contributed by atoms with E-state index in [0.29, 0.717) is 18.7 Å². The molecule has 2 N–H and O–H groups in total. The molecule has 0 fully saturated rings. The molecule has 0 radical (unpaired) electrons. The standard InChI is InChI=1S/C20H20N4O2/c21-19(25)15-23(12-16-7-3-1-4-8-16)20(26)18-11-22-24(14-18)13-17-9-5-2-6-10-17/h1-11,14H,12-13,15H2,(H2,21,25). The molecule has 0 spiro atoms. The molecular formula is C20H20N4O2. The zero-order chi connectivity index (χ0) is 18.4. The normalized spacial score (nSPS) is 10.5. The SMILES string of the molecule is NC(=O)CN(Cc1ccccc1)C(=O)c1cnn(Cc2ccccc2)c1. The van der Waals surface area contributed by atoms with Crippen molar-refractivity contribution in [2.75, 3.05) is 6.54 Å². The summed E-state index contributed by atoms with van der Waals surface area (Å²) in [5, 5.41) is 4.25. The number of rotatable bonds is 7. The first-order chi connectivity index (χ1) is 12.6. The summed E-state index contributed by atoms with van der Waals surface area (Å²) in [5.41, 5.74) is 7.77. The number of aromatic nitrogens is 2. The van der Waals surface area contributed by atoms with E-state index < -0.39 is 5.91 Å². The second-order valence-corrected chi connectivity index (χ2v) is 6.03. The molecule has 0 aliphatic heterocycles. The van der Waals surface area contributed by atoms with Crippen LogP contribution < -0.4 is 5.73 Å². The molecule has 3 rings (SSSR count). The average molecular weight is 348 g/mol. The number of primary amides is 1. The van der Waals surface area contributed by atoms with Crippen molar-refractivity contribution in [3.05, 3.63) is 89.7 Å². The minimum atomic E-state index is -0.550. The van der Waals surface area contributed by atoms with Gasteiger partial charge in [0.2, 0.25) is 5.91 Å². The van der Waals surface area contributed by atoms with E-state index in [1.54, 1.807) is 10.9 Å². The number of carbonyl (C=O) groups is 2. The van der Waals surface area contributed by atoms with E-state index in [4.69, 9.17) is 5.73 Å². The average Bonchev–Trinajstić information content (AvgIpc) is 3.10. The number of nitrogens with two attached hydrogens (primary N) is 1. The second kappa shape index (κ2) is 8.11. The van der Waals surface area contributed by atoms with Crippen molar-refractivity contribution >= 4 is 11.8 Å². The van der Waals surface area contributed by atoms with Gasteiger partial charge in [0, 0.05) is 12.7 Å². The van der Waals surface area contributed by atoms with Gasteiger partial charge in [0.15, 0.2) is 0 Å². The van der Waals surface area contributed by atoms with Crippen LogP contribution in [0.2, 0.25) is 0 Å². The highest BCUT2D eigenvalue weighted by atomic mass is 16.2. The molecule has 0 atom stereocenters. The van der Waals surface area contributed by atoms with Gasteiger partial charge in [-0.25, -0.2) is 0 Å². The van der Waals surface area contributed by atoms with Crippen molar-refractivity contribution in [3.63, 3.8) is 0 Å². The first-order valence-electron chi connectivity index (χ1n) is 8.29. The molecule has 6 heteroatoms. The molecule has 3 aromatic rings. The highest BCUT2D eigenvalue weighted by Crippen LogP contribution is 2.11. The fourth-order valence-corrected chi connectivity index (χ4v) is 2.70. The third-order valence-corrected chi connectivity index (χ3v) is 3.92. The van der Waals surface area contributed by atoms with Crippen LogP contribution in [0, 0.1) is 0 Å². The lowest BCUT2D eigenvalue weighted by atomic mass is 10.2. The van der Waals surface area contributed by atoms with Crippen molar-refractivity contribution < 1.29 is 9.59 Å². The molecule has 0 aliphatic rings. The van der Waals surface area contributed by atoms with Gasteiger partial charge in [0.1, 0.15) is 0 Å². The zero-order valence-corrected chi connectivity index (χ0v) is 14.3. The summed E-state index contributed by atoms with van der Waals surface area (Å²) in [6, 6.07) is 19.3. The Bertz CT molecular complexity index is 875. The van der Waals surface area contributed by atoms with Crippen LogP contribution in [0.1, 0.15) is 21.5 Å². The lowest BCUT2D eigenvalue weighted by molar-refractivity contribution is -0.118. The van der Waals surface area contributed by atoms with E-state index in [2.05, 4.69) is 5.10 Å². The van der Waals surface area contributed by atoms with E-state index in [-0.39, 0.29) is 12.5 Å². The Morgan fingerprint density at radius 1 is 0.962 bits per heavy atom. The molecule has 0 unspecified atom stereocenters. The van der Waals surface area contributed by atoms with E-state index in [9.17, 15) is 9.59 Å². The van der Waals surface area contributed by atoms with Gasteiger partial charge in [-0.2, -0.15) is 5.10 Å². The van der Waals surface area contributed by atoms with Crippen molar-refractivity contribution in [2.45, 2.75) is 13.1 Å². The molecule has 0 aliphatic carbocycles. The predicted octanol–water partition coefficient (Wildman–Crippen LogP) is 2.06.